The second-order valence-corrected chi connectivity index (χ2v) is 6.22. The molecule has 1 fully saturated rings. The molecular formula is C20H25N3O2. The molecule has 0 saturated carbocycles. The van der Waals surface area contributed by atoms with Crippen LogP contribution in [0.25, 0.3) is 0 Å². The van der Waals surface area contributed by atoms with E-state index in [1.165, 1.54) is 5.56 Å². The fourth-order valence-corrected chi connectivity index (χ4v) is 2.81. The number of para-hydroxylation sites is 1. The van der Waals surface area contributed by atoms with Crippen molar-refractivity contribution in [2.24, 2.45) is 0 Å². The van der Waals surface area contributed by atoms with E-state index in [0.29, 0.717) is 12.3 Å². The van der Waals surface area contributed by atoms with Gasteiger partial charge in [-0.05, 0) is 23.3 Å². The Labute approximate surface area is 149 Å². The number of hydrogen-bond acceptors (Lipinski definition) is 4. The van der Waals surface area contributed by atoms with Crippen LogP contribution in [0.2, 0.25) is 0 Å². The van der Waals surface area contributed by atoms with E-state index in [0.717, 1.165) is 38.3 Å². The number of amides is 1. The molecule has 1 saturated heterocycles. The van der Waals surface area contributed by atoms with Gasteiger partial charge in [-0.1, -0.05) is 42.5 Å². The summed E-state index contributed by atoms with van der Waals surface area (Å²) < 4.78 is 5.44. The quantitative estimate of drug-likeness (QED) is 0.807. The third-order valence-corrected chi connectivity index (χ3v) is 4.24. The van der Waals surface area contributed by atoms with E-state index in [-0.39, 0.29) is 12.5 Å². The zero-order chi connectivity index (χ0) is 17.3. The Kier molecular flexibility index (Phi) is 6.42. The smallest absolute Gasteiger partial charge is 0.258 e. The number of rotatable bonds is 7. The third kappa shape index (κ3) is 5.89. The molecular weight excluding hydrogens is 314 g/mol. The third-order valence-electron chi connectivity index (χ3n) is 4.24. The molecule has 1 aliphatic heterocycles. The molecule has 1 amide bonds. The number of benzene rings is 2. The van der Waals surface area contributed by atoms with E-state index < -0.39 is 0 Å². The van der Waals surface area contributed by atoms with E-state index in [1.54, 1.807) is 0 Å². The van der Waals surface area contributed by atoms with Crippen LogP contribution in [-0.4, -0.2) is 43.6 Å². The maximum Gasteiger partial charge on any atom is 0.258 e. The lowest BCUT2D eigenvalue weighted by Crippen LogP contribution is -2.42. The van der Waals surface area contributed by atoms with E-state index in [4.69, 9.17) is 4.74 Å². The minimum atomic E-state index is -0.117. The molecule has 0 atom stereocenters. The minimum absolute atomic E-state index is 0.0328. The van der Waals surface area contributed by atoms with Crippen molar-refractivity contribution in [3.8, 4) is 5.75 Å². The summed E-state index contributed by atoms with van der Waals surface area (Å²) in [5, 5.41) is 6.25. The molecule has 25 heavy (non-hydrogen) atoms. The van der Waals surface area contributed by atoms with Gasteiger partial charge in [-0.15, -0.1) is 0 Å². The van der Waals surface area contributed by atoms with Gasteiger partial charge in [0.15, 0.2) is 6.61 Å². The summed E-state index contributed by atoms with van der Waals surface area (Å²) in [5.41, 5.74) is 2.40. The van der Waals surface area contributed by atoms with Gasteiger partial charge in [0, 0.05) is 39.3 Å². The maximum absolute atomic E-state index is 11.9. The molecule has 3 rings (SSSR count). The second-order valence-electron chi connectivity index (χ2n) is 6.22. The van der Waals surface area contributed by atoms with E-state index in [2.05, 4.69) is 39.8 Å². The summed E-state index contributed by atoms with van der Waals surface area (Å²) in [5.74, 6) is 0.587. The molecule has 5 heteroatoms. The van der Waals surface area contributed by atoms with Crippen LogP contribution < -0.4 is 15.4 Å². The summed E-state index contributed by atoms with van der Waals surface area (Å²) in [6.07, 6.45) is 0. The molecule has 0 bridgehead atoms. The molecule has 0 spiro atoms. The van der Waals surface area contributed by atoms with Crippen LogP contribution in [0.5, 0.6) is 5.75 Å². The lowest BCUT2D eigenvalue weighted by molar-refractivity contribution is -0.123. The van der Waals surface area contributed by atoms with Crippen molar-refractivity contribution in [3.63, 3.8) is 0 Å². The van der Waals surface area contributed by atoms with Crippen LogP contribution in [0.4, 0.5) is 0 Å². The molecule has 0 unspecified atom stereocenters. The van der Waals surface area contributed by atoms with Crippen molar-refractivity contribution in [2.75, 3.05) is 32.8 Å². The normalized spacial score (nSPS) is 14.9. The Hall–Kier alpha value is -2.37. The highest BCUT2D eigenvalue weighted by Gasteiger charge is 2.09. The van der Waals surface area contributed by atoms with Gasteiger partial charge in [-0.2, -0.15) is 0 Å². The standard InChI is InChI=1S/C20H25N3O2/c24-20(16-25-19-4-2-1-3-5-19)22-14-17-6-8-18(9-7-17)15-23-12-10-21-11-13-23/h1-9,21H,10-16H2,(H,22,24). The average Bonchev–Trinajstić information content (AvgIpc) is 2.67. The van der Waals surface area contributed by atoms with Crippen LogP contribution in [-0.2, 0) is 17.9 Å². The fourth-order valence-electron chi connectivity index (χ4n) is 2.81. The highest BCUT2D eigenvalue weighted by atomic mass is 16.5. The van der Waals surface area contributed by atoms with Gasteiger partial charge in [0.05, 0.1) is 0 Å². The first-order valence-corrected chi connectivity index (χ1v) is 8.75. The Bertz CT molecular complexity index is 652. The Morgan fingerprint density at radius 2 is 1.68 bits per heavy atom. The number of nitrogens with zero attached hydrogens (tertiary/aromatic N) is 1. The molecule has 0 aromatic heterocycles. The van der Waals surface area contributed by atoms with E-state index in [9.17, 15) is 4.79 Å². The predicted molar refractivity (Wildman–Crippen MR) is 98.4 cm³/mol. The van der Waals surface area contributed by atoms with Crippen molar-refractivity contribution < 1.29 is 9.53 Å². The van der Waals surface area contributed by atoms with Gasteiger partial charge >= 0.3 is 0 Å². The summed E-state index contributed by atoms with van der Waals surface area (Å²) in [7, 11) is 0. The van der Waals surface area contributed by atoms with E-state index >= 15 is 0 Å². The molecule has 1 heterocycles. The largest absolute Gasteiger partial charge is 0.484 e. The Morgan fingerprint density at radius 1 is 1.00 bits per heavy atom. The molecule has 2 aromatic rings. The maximum atomic E-state index is 11.9. The number of piperazine rings is 1. The molecule has 1 aliphatic rings. The Morgan fingerprint density at radius 3 is 2.40 bits per heavy atom. The second kappa shape index (κ2) is 9.20. The van der Waals surface area contributed by atoms with Crippen LogP contribution >= 0.6 is 0 Å². The first-order chi connectivity index (χ1) is 12.3. The SMILES string of the molecule is O=C(COc1ccccc1)NCc1ccc(CN2CCNCC2)cc1. The lowest BCUT2D eigenvalue weighted by atomic mass is 10.1. The first kappa shape index (κ1) is 17.5. The topological polar surface area (TPSA) is 53.6 Å². The predicted octanol–water partition coefficient (Wildman–Crippen LogP) is 1.79. The number of nitrogens with one attached hydrogen (secondary N) is 2. The molecule has 2 aromatic carbocycles. The summed E-state index contributed by atoms with van der Waals surface area (Å²) >= 11 is 0. The minimum Gasteiger partial charge on any atom is -0.484 e. The summed E-state index contributed by atoms with van der Waals surface area (Å²) in [4.78, 5) is 14.3. The lowest BCUT2D eigenvalue weighted by Gasteiger charge is -2.27. The highest BCUT2D eigenvalue weighted by molar-refractivity contribution is 5.77. The summed E-state index contributed by atoms with van der Waals surface area (Å²) in [6.45, 7) is 5.86. The average molecular weight is 339 g/mol. The number of carbonyl (C=O) groups excluding carboxylic acids is 1. The van der Waals surface area contributed by atoms with Gasteiger partial charge in [0.25, 0.3) is 5.91 Å². The molecule has 2 N–H and O–H groups in total. The summed E-state index contributed by atoms with van der Waals surface area (Å²) in [6, 6.07) is 17.8. The van der Waals surface area contributed by atoms with Crippen LogP contribution in [0.3, 0.4) is 0 Å². The molecule has 0 radical (unpaired) electrons. The molecule has 0 aliphatic carbocycles. The monoisotopic (exact) mass is 339 g/mol. The van der Waals surface area contributed by atoms with Gasteiger partial charge in [-0.25, -0.2) is 0 Å². The number of carbonyl (C=O) groups is 1. The van der Waals surface area contributed by atoms with Crippen LogP contribution in [0, 0.1) is 0 Å². The molecule has 132 valence electrons. The van der Waals surface area contributed by atoms with Crippen molar-refractivity contribution in [1.29, 1.82) is 0 Å². The fraction of sp³-hybridized carbons (Fsp3) is 0.350. The van der Waals surface area contributed by atoms with Crippen molar-refractivity contribution >= 4 is 5.91 Å². The zero-order valence-corrected chi connectivity index (χ0v) is 14.4. The number of hydrogen-bond donors (Lipinski definition) is 2. The van der Waals surface area contributed by atoms with Crippen LogP contribution in [0.15, 0.2) is 54.6 Å². The van der Waals surface area contributed by atoms with Crippen molar-refractivity contribution in [2.45, 2.75) is 13.1 Å². The van der Waals surface area contributed by atoms with Crippen LogP contribution in [0.1, 0.15) is 11.1 Å². The van der Waals surface area contributed by atoms with Gasteiger partial charge < -0.3 is 15.4 Å². The van der Waals surface area contributed by atoms with Crippen molar-refractivity contribution in [1.82, 2.24) is 15.5 Å². The molecule has 5 nitrogen and oxygen atoms in total. The van der Waals surface area contributed by atoms with E-state index in [1.807, 2.05) is 30.3 Å². The highest BCUT2D eigenvalue weighted by Crippen LogP contribution is 2.09. The van der Waals surface area contributed by atoms with Gasteiger partial charge in [-0.3, -0.25) is 9.69 Å². The van der Waals surface area contributed by atoms with Gasteiger partial charge in [0.1, 0.15) is 5.75 Å². The Balaban J connectivity index is 1.39. The number of ether oxygens (including phenoxy) is 1. The van der Waals surface area contributed by atoms with Gasteiger partial charge in [0.2, 0.25) is 0 Å². The zero-order valence-electron chi connectivity index (χ0n) is 14.4. The first-order valence-electron chi connectivity index (χ1n) is 8.75. The van der Waals surface area contributed by atoms with Crippen molar-refractivity contribution in [3.05, 3.63) is 65.7 Å².